The molecule has 0 unspecified atom stereocenters. The van der Waals surface area contributed by atoms with Gasteiger partial charge < -0.3 is 20.9 Å². The van der Waals surface area contributed by atoms with E-state index in [4.69, 9.17) is 10.5 Å². The Labute approximate surface area is 186 Å². The number of primary amides is 1. The number of carbonyl (C=O) groups is 2. The van der Waals surface area contributed by atoms with Crippen LogP contribution >= 0.6 is 0 Å². The van der Waals surface area contributed by atoms with Gasteiger partial charge in [-0.2, -0.15) is 0 Å². The molecule has 6 heteroatoms. The molecular formula is C26H24N2O4. The van der Waals surface area contributed by atoms with Crippen molar-refractivity contribution in [3.8, 4) is 16.9 Å². The van der Waals surface area contributed by atoms with Crippen molar-refractivity contribution in [2.24, 2.45) is 5.73 Å². The molecule has 6 nitrogen and oxygen atoms in total. The summed E-state index contributed by atoms with van der Waals surface area (Å²) in [5.41, 5.74) is 10.8. The number of aromatic hydroxyl groups is 1. The summed E-state index contributed by atoms with van der Waals surface area (Å²) in [6, 6.07) is 21.0. The molecule has 1 aliphatic rings. The zero-order valence-electron chi connectivity index (χ0n) is 17.5. The van der Waals surface area contributed by atoms with Gasteiger partial charge in [0, 0.05) is 12.5 Å². The Morgan fingerprint density at radius 3 is 2.31 bits per heavy atom. The molecule has 3 aromatic rings. The van der Waals surface area contributed by atoms with E-state index in [1.807, 2.05) is 30.3 Å². The molecule has 2 amide bonds. The van der Waals surface area contributed by atoms with Crippen molar-refractivity contribution in [3.63, 3.8) is 0 Å². The Morgan fingerprint density at radius 2 is 1.66 bits per heavy atom. The summed E-state index contributed by atoms with van der Waals surface area (Å²) in [6.07, 6.45) is 3.78. The normalized spacial score (nSPS) is 12.4. The van der Waals surface area contributed by atoms with E-state index in [9.17, 15) is 14.7 Å². The van der Waals surface area contributed by atoms with Crippen molar-refractivity contribution in [3.05, 3.63) is 95.1 Å². The SMILES string of the molecule is NC(=O)c1cc(C=CCCNC(=O)OCC2c3ccccc3-c3ccccc32)ccc1O. The Bertz CT molecular complexity index is 1140. The summed E-state index contributed by atoms with van der Waals surface area (Å²) in [5.74, 6) is -0.803. The van der Waals surface area contributed by atoms with Gasteiger partial charge in [-0.15, -0.1) is 0 Å². The van der Waals surface area contributed by atoms with Gasteiger partial charge in [-0.05, 0) is 46.4 Å². The van der Waals surface area contributed by atoms with Gasteiger partial charge in [0.25, 0.3) is 5.91 Å². The van der Waals surface area contributed by atoms with Crippen LogP contribution in [0.2, 0.25) is 0 Å². The minimum atomic E-state index is -0.685. The second kappa shape index (κ2) is 9.39. The highest BCUT2D eigenvalue weighted by Gasteiger charge is 2.28. The summed E-state index contributed by atoms with van der Waals surface area (Å²) in [4.78, 5) is 23.5. The van der Waals surface area contributed by atoms with Gasteiger partial charge in [-0.1, -0.05) is 66.7 Å². The monoisotopic (exact) mass is 428 g/mol. The van der Waals surface area contributed by atoms with Gasteiger partial charge in [0.05, 0.1) is 5.56 Å². The van der Waals surface area contributed by atoms with Crippen molar-refractivity contribution in [2.45, 2.75) is 12.3 Å². The average Bonchev–Trinajstić information content (AvgIpc) is 3.12. The van der Waals surface area contributed by atoms with Gasteiger partial charge in [0.15, 0.2) is 0 Å². The number of alkyl carbamates (subject to hydrolysis) is 1. The van der Waals surface area contributed by atoms with Crippen LogP contribution in [-0.4, -0.2) is 30.3 Å². The first-order chi connectivity index (χ1) is 15.5. The van der Waals surface area contributed by atoms with Crippen molar-refractivity contribution in [2.75, 3.05) is 13.2 Å². The van der Waals surface area contributed by atoms with Crippen LogP contribution in [0.25, 0.3) is 17.2 Å². The predicted octanol–water partition coefficient (Wildman–Crippen LogP) is 4.43. The van der Waals surface area contributed by atoms with Crippen molar-refractivity contribution in [1.82, 2.24) is 5.32 Å². The fourth-order valence-electron chi connectivity index (χ4n) is 3.98. The molecule has 162 valence electrons. The van der Waals surface area contributed by atoms with Crippen molar-refractivity contribution < 1.29 is 19.4 Å². The first-order valence-electron chi connectivity index (χ1n) is 10.4. The number of nitrogens with two attached hydrogens (primary N) is 1. The van der Waals surface area contributed by atoms with E-state index >= 15 is 0 Å². The van der Waals surface area contributed by atoms with Gasteiger partial charge in [0.1, 0.15) is 12.4 Å². The fourth-order valence-corrected chi connectivity index (χ4v) is 3.98. The lowest BCUT2D eigenvalue weighted by atomic mass is 9.98. The number of ether oxygens (including phenoxy) is 1. The molecule has 0 radical (unpaired) electrons. The first-order valence-corrected chi connectivity index (χ1v) is 10.4. The number of nitrogens with one attached hydrogen (secondary N) is 1. The molecule has 3 aromatic carbocycles. The summed E-state index contributed by atoms with van der Waals surface area (Å²) < 4.78 is 5.51. The van der Waals surface area contributed by atoms with Crippen LogP contribution in [0.5, 0.6) is 5.75 Å². The molecule has 1 aliphatic carbocycles. The highest BCUT2D eigenvalue weighted by atomic mass is 16.5. The van der Waals surface area contributed by atoms with E-state index < -0.39 is 12.0 Å². The molecule has 0 bridgehead atoms. The zero-order valence-corrected chi connectivity index (χ0v) is 17.5. The van der Waals surface area contributed by atoms with E-state index in [-0.39, 0.29) is 23.8 Å². The van der Waals surface area contributed by atoms with Gasteiger partial charge in [0.2, 0.25) is 0 Å². The molecule has 0 saturated heterocycles. The van der Waals surface area contributed by atoms with Crippen LogP contribution in [0.15, 0.2) is 72.8 Å². The Hall–Kier alpha value is -4.06. The van der Waals surface area contributed by atoms with E-state index in [1.54, 1.807) is 12.1 Å². The molecule has 0 aliphatic heterocycles. The lowest BCUT2D eigenvalue weighted by Crippen LogP contribution is -2.26. The highest BCUT2D eigenvalue weighted by Crippen LogP contribution is 2.44. The van der Waals surface area contributed by atoms with Crippen LogP contribution in [0.3, 0.4) is 0 Å². The van der Waals surface area contributed by atoms with Crippen LogP contribution in [0, 0.1) is 0 Å². The van der Waals surface area contributed by atoms with Crippen LogP contribution in [0.1, 0.15) is 39.4 Å². The number of fused-ring (bicyclic) bond motifs is 3. The number of amides is 2. The van der Waals surface area contributed by atoms with E-state index in [2.05, 4.69) is 29.6 Å². The smallest absolute Gasteiger partial charge is 0.407 e. The van der Waals surface area contributed by atoms with Gasteiger partial charge in [-0.25, -0.2) is 4.79 Å². The maximum Gasteiger partial charge on any atom is 0.407 e. The molecule has 0 aromatic heterocycles. The molecule has 0 saturated carbocycles. The number of hydrogen-bond acceptors (Lipinski definition) is 4. The summed E-state index contributed by atoms with van der Waals surface area (Å²) in [5, 5.41) is 12.4. The number of rotatable bonds is 7. The van der Waals surface area contributed by atoms with Gasteiger partial charge in [-0.3, -0.25) is 4.79 Å². The largest absolute Gasteiger partial charge is 0.507 e. The maximum atomic E-state index is 12.2. The third-order valence-corrected chi connectivity index (χ3v) is 5.52. The molecule has 4 rings (SSSR count). The number of carbonyl (C=O) groups excluding carboxylic acids is 2. The second-order valence-corrected chi connectivity index (χ2v) is 7.58. The Kier molecular flexibility index (Phi) is 6.22. The summed E-state index contributed by atoms with van der Waals surface area (Å²) in [7, 11) is 0. The lowest BCUT2D eigenvalue weighted by Gasteiger charge is -2.14. The number of hydrogen-bond donors (Lipinski definition) is 3. The number of benzene rings is 3. The van der Waals surface area contributed by atoms with Crippen molar-refractivity contribution in [1.29, 1.82) is 0 Å². The third kappa shape index (κ3) is 4.49. The van der Waals surface area contributed by atoms with E-state index in [1.165, 1.54) is 34.4 Å². The first kappa shape index (κ1) is 21.2. The second-order valence-electron chi connectivity index (χ2n) is 7.58. The summed E-state index contributed by atoms with van der Waals surface area (Å²) >= 11 is 0. The maximum absolute atomic E-state index is 12.2. The topological polar surface area (TPSA) is 102 Å². The summed E-state index contributed by atoms with van der Waals surface area (Å²) in [6.45, 7) is 0.688. The molecule has 0 atom stereocenters. The quantitative estimate of drug-likeness (QED) is 0.485. The van der Waals surface area contributed by atoms with Crippen molar-refractivity contribution >= 4 is 18.1 Å². The minimum Gasteiger partial charge on any atom is -0.507 e. The van der Waals surface area contributed by atoms with Gasteiger partial charge >= 0.3 is 6.09 Å². The van der Waals surface area contributed by atoms with E-state index in [0.29, 0.717) is 13.0 Å². The molecule has 0 spiro atoms. The fraction of sp³-hybridized carbons (Fsp3) is 0.154. The molecule has 0 heterocycles. The standard InChI is InChI=1S/C26H24N2O4/c27-25(30)22-15-17(12-13-24(22)29)7-5-6-14-28-26(31)32-16-23-20-10-3-1-8-18(20)19-9-2-4-11-21(19)23/h1-5,7-13,15,23,29H,6,14,16H2,(H2,27,30)(H,28,31). The highest BCUT2D eigenvalue weighted by molar-refractivity contribution is 5.96. The van der Waals surface area contributed by atoms with E-state index in [0.717, 1.165) is 5.56 Å². The Morgan fingerprint density at radius 1 is 1.00 bits per heavy atom. The Balaban J connectivity index is 1.27. The molecule has 32 heavy (non-hydrogen) atoms. The predicted molar refractivity (Wildman–Crippen MR) is 123 cm³/mol. The molecule has 4 N–H and O–H groups in total. The van der Waals surface area contributed by atoms with Crippen LogP contribution < -0.4 is 11.1 Å². The van der Waals surface area contributed by atoms with Crippen LogP contribution in [0.4, 0.5) is 4.79 Å². The zero-order chi connectivity index (χ0) is 22.5. The molecular weight excluding hydrogens is 404 g/mol. The molecule has 0 fully saturated rings. The number of phenols is 1. The van der Waals surface area contributed by atoms with Crippen LogP contribution in [-0.2, 0) is 4.74 Å². The lowest BCUT2D eigenvalue weighted by molar-refractivity contribution is 0.0997. The minimum absolute atomic E-state index is 0.0296. The average molecular weight is 428 g/mol. The third-order valence-electron chi connectivity index (χ3n) is 5.52.